The first-order valence-corrected chi connectivity index (χ1v) is 7.55. The first-order chi connectivity index (χ1) is 9.60. The Kier molecular flexibility index (Phi) is 5.58. The van der Waals surface area contributed by atoms with Gasteiger partial charge in [-0.15, -0.1) is 0 Å². The van der Waals surface area contributed by atoms with Gasteiger partial charge in [-0.1, -0.05) is 51.8 Å². The molecule has 0 fully saturated rings. The number of benzene rings is 2. The topological polar surface area (TPSA) is 20.2 Å². The first-order valence-electron chi connectivity index (χ1n) is 6.38. The molecule has 1 nitrogen and oxygen atoms in total. The van der Waals surface area contributed by atoms with Gasteiger partial charge < -0.3 is 5.11 Å². The normalized spacial score (nSPS) is 12.4. The van der Waals surface area contributed by atoms with Gasteiger partial charge in [0.1, 0.15) is 5.82 Å². The predicted molar refractivity (Wildman–Crippen MR) is 83.5 cm³/mol. The van der Waals surface area contributed by atoms with Crippen LogP contribution in [0.2, 0.25) is 5.02 Å². The van der Waals surface area contributed by atoms with E-state index in [0.29, 0.717) is 23.4 Å². The van der Waals surface area contributed by atoms with Crippen molar-refractivity contribution >= 4 is 27.5 Å². The van der Waals surface area contributed by atoms with E-state index >= 15 is 0 Å². The van der Waals surface area contributed by atoms with Gasteiger partial charge >= 0.3 is 0 Å². The molecule has 20 heavy (non-hydrogen) atoms. The standard InChI is InChI=1S/C16H15BrClFO/c17-15-4-2-1-3-12(15)7-11(10-20)8-13-5-6-14(18)9-16(13)19/h1-6,9,11,20H,7-8,10H2. The van der Waals surface area contributed by atoms with Gasteiger partial charge in [0.2, 0.25) is 0 Å². The lowest BCUT2D eigenvalue weighted by Gasteiger charge is -2.16. The Labute approximate surface area is 131 Å². The minimum Gasteiger partial charge on any atom is -0.396 e. The molecule has 1 N–H and O–H groups in total. The maximum absolute atomic E-state index is 13.8. The molecule has 2 rings (SSSR count). The molecule has 1 atom stereocenters. The van der Waals surface area contributed by atoms with Gasteiger partial charge in [0.05, 0.1) is 0 Å². The fourth-order valence-electron chi connectivity index (χ4n) is 2.17. The molecule has 0 saturated carbocycles. The zero-order valence-corrected chi connectivity index (χ0v) is 13.2. The maximum Gasteiger partial charge on any atom is 0.127 e. The van der Waals surface area contributed by atoms with Crippen molar-refractivity contribution in [2.24, 2.45) is 5.92 Å². The number of aliphatic hydroxyl groups is 1. The number of hydrogen-bond acceptors (Lipinski definition) is 1. The summed E-state index contributed by atoms with van der Waals surface area (Å²) in [6.45, 7) is 0.0173. The summed E-state index contributed by atoms with van der Waals surface area (Å²) in [5.74, 6) is -0.340. The highest BCUT2D eigenvalue weighted by molar-refractivity contribution is 9.10. The van der Waals surface area contributed by atoms with Gasteiger partial charge in [-0.25, -0.2) is 4.39 Å². The van der Waals surface area contributed by atoms with Crippen LogP contribution in [0.4, 0.5) is 4.39 Å². The summed E-state index contributed by atoms with van der Waals surface area (Å²) in [4.78, 5) is 0. The molecule has 2 aromatic rings. The largest absolute Gasteiger partial charge is 0.396 e. The van der Waals surface area contributed by atoms with Crippen molar-refractivity contribution in [1.29, 1.82) is 0 Å². The highest BCUT2D eigenvalue weighted by Crippen LogP contribution is 2.23. The van der Waals surface area contributed by atoms with Gasteiger partial charge in [0.25, 0.3) is 0 Å². The van der Waals surface area contributed by atoms with Gasteiger partial charge in [0.15, 0.2) is 0 Å². The lowest BCUT2D eigenvalue weighted by atomic mass is 9.93. The molecule has 0 aliphatic carbocycles. The minimum atomic E-state index is -0.317. The Bertz CT molecular complexity index is 588. The van der Waals surface area contributed by atoms with Crippen LogP contribution in [0.3, 0.4) is 0 Å². The summed E-state index contributed by atoms with van der Waals surface area (Å²) in [5, 5.41) is 9.91. The Balaban J connectivity index is 2.11. The lowest BCUT2D eigenvalue weighted by molar-refractivity contribution is 0.224. The fraction of sp³-hybridized carbons (Fsp3) is 0.250. The first kappa shape index (κ1) is 15.5. The monoisotopic (exact) mass is 356 g/mol. The van der Waals surface area contributed by atoms with E-state index in [-0.39, 0.29) is 18.3 Å². The van der Waals surface area contributed by atoms with Crippen LogP contribution >= 0.6 is 27.5 Å². The molecule has 0 radical (unpaired) electrons. The Hall–Kier alpha value is -0.900. The molecular weight excluding hydrogens is 343 g/mol. The predicted octanol–water partition coefficient (Wildman–Crippen LogP) is 4.64. The van der Waals surface area contributed by atoms with Crippen LogP contribution < -0.4 is 0 Å². The molecule has 106 valence electrons. The van der Waals surface area contributed by atoms with Gasteiger partial charge in [-0.3, -0.25) is 0 Å². The Morgan fingerprint density at radius 2 is 1.80 bits per heavy atom. The average Bonchev–Trinajstić information content (AvgIpc) is 2.43. The third kappa shape index (κ3) is 4.05. The van der Waals surface area contributed by atoms with E-state index in [2.05, 4.69) is 15.9 Å². The third-order valence-electron chi connectivity index (χ3n) is 3.25. The molecule has 0 amide bonds. The Morgan fingerprint density at radius 3 is 2.45 bits per heavy atom. The van der Waals surface area contributed by atoms with Crippen LogP contribution in [0, 0.1) is 11.7 Å². The van der Waals surface area contributed by atoms with E-state index in [0.717, 1.165) is 10.0 Å². The lowest BCUT2D eigenvalue weighted by Crippen LogP contribution is -2.14. The second-order valence-corrected chi connectivity index (χ2v) is 6.07. The quantitative estimate of drug-likeness (QED) is 0.827. The van der Waals surface area contributed by atoms with E-state index in [4.69, 9.17) is 11.6 Å². The molecular formula is C16H15BrClFO. The van der Waals surface area contributed by atoms with Crippen molar-refractivity contribution < 1.29 is 9.50 Å². The molecule has 0 saturated heterocycles. The molecule has 0 heterocycles. The zero-order chi connectivity index (χ0) is 14.5. The smallest absolute Gasteiger partial charge is 0.127 e. The van der Waals surface area contributed by atoms with Crippen LogP contribution in [0.25, 0.3) is 0 Å². The molecule has 0 aliphatic heterocycles. The van der Waals surface area contributed by atoms with Crippen molar-refractivity contribution in [2.45, 2.75) is 12.8 Å². The summed E-state index contributed by atoms with van der Waals surface area (Å²) < 4.78 is 14.8. The highest BCUT2D eigenvalue weighted by atomic mass is 79.9. The van der Waals surface area contributed by atoms with Gasteiger partial charge in [-0.2, -0.15) is 0 Å². The summed E-state index contributed by atoms with van der Waals surface area (Å²) in [5.41, 5.74) is 1.70. The maximum atomic E-state index is 13.8. The van der Waals surface area contributed by atoms with Crippen LogP contribution in [0.1, 0.15) is 11.1 Å². The SMILES string of the molecule is OCC(Cc1ccc(Cl)cc1F)Cc1ccccc1Br. The number of aliphatic hydroxyl groups excluding tert-OH is 1. The molecule has 0 aliphatic rings. The summed E-state index contributed by atoms with van der Waals surface area (Å²) >= 11 is 9.23. The van der Waals surface area contributed by atoms with Crippen molar-refractivity contribution in [3.05, 3.63) is 68.9 Å². The molecule has 0 aromatic heterocycles. The summed E-state index contributed by atoms with van der Waals surface area (Å²) in [7, 11) is 0. The molecule has 1 unspecified atom stereocenters. The van der Waals surface area contributed by atoms with Crippen molar-refractivity contribution in [3.8, 4) is 0 Å². The van der Waals surface area contributed by atoms with Gasteiger partial charge in [0, 0.05) is 16.1 Å². The van der Waals surface area contributed by atoms with Crippen LogP contribution in [-0.2, 0) is 12.8 Å². The van der Waals surface area contributed by atoms with E-state index in [9.17, 15) is 9.50 Å². The summed E-state index contributed by atoms with van der Waals surface area (Å²) in [6, 6.07) is 12.5. The number of hydrogen-bond donors (Lipinski definition) is 1. The van der Waals surface area contributed by atoms with E-state index in [1.165, 1.54) is 6.07 Å². The fourth-order valence-corrected chi connectivity index (χ4v) is 2.78. The van der Waals surface area contributed by atoms with Crippen molar-refractivity contribution in [1.82, 2.24) is 0 Å². The van der Waals surface area contributed by atoms with Crippen molar-refractivity contribution in [3.63, 3.8) is 0 Å². The van der Waals surface area contributed by atoms with E-state index in [1.807, 2.05) is 24.3 Å². The van der Waals surface area contributed by atoms with E-state index in [1.54, 1.807) is 12.1 Å². The second-order valence-electron chi connectivity index (χ2n) is 4.78. The average molecular weight is 358 g/mol. The highest BCUT2D eigenvalue weighted by Gasteiger charge is 2.14. The zero-order valence-electron chi connectivity index (χ0n) is 10.8. The minimum absolute atomic E-state index is 0.0173. The molecule has 4 heteroatoms. The van der Waals surface area contributed by atoms with Gasteiger partial charge in [-0.05, 0) is 48.1 Å². The van der Waals surface area contributed by atoms with Crippen LogP contribution in [0.5, 0.6) is 0 Å². The van der Waals surface area contributed by atoms with Crippen LogP contribution in [-0.4, -0.2) is 11.7 Å². The van der Waals surface area contributed by atoms with E-state index < -0.39 is 0 Å². The molecule has 0 spiro atoms. The van der Waals surface area contributed by atoms with Crippen molar-refractivity contribution in [2.75, 3.05) is 6.61 Å². The number of rotatable bonds is 5. The molecule has 2 aromatic carbocycles. The summed E-state index contributed by atoms with van der Waals surface area (Å²) in [6.07, 6.45) is 1.18. The Morgan fingerprint density at radius 1 is 1.10 bits per heavy atom. The molecule has 0 bridgehead atoms. The second kappa shape index (κ2) is 7.21. The number of halogens is 3. The third-order valence-corrected chi connectivity index (χ3v) is 4.26. The van der Waals surface area contributed by atoms with Crippen LogP contribution in [0.15, 0.2) is 46.9 Å².